The summed E-state index contributed by atoms with van der Waals surface area (Å²) in [7, 11) is 0. The minimum atomic E-state index is -0.623. The van der Waals surface area contributed by atoms with E-state index in [0.717, 1.165) is 27.6 Å². The molecule has 0 saturated carbocycles. The van der Waals surface area contributed by atoms with Crippen LogP contribution in [0.3, 0.4) is 0 Å². The fourth-order valence-corrected chi connectivity index (χ4v) is 4.28. The minimum absolute atomic E-state index is 0.0252. The van der Waals surface area contributed by atoms with Crippen LogP contribution in [0, 0.1) is 10.1 Å². The number of amides is 1. The number of nitro groups is 1. The Labute approximate surface area is 197 Å². The zero-order chi connectivity index (χ0) is 23.8. The largest absolute Gasteiger partial charge is 0.488 e. The Morgan fingerprint density at radius 2 is 1.82 bits per heavy atom. The van der Waals surface area contributed by atoms with E-state index in [0.29, 0.717) is 18.2 Å². The van der Waals surface area contributed by atoms with Crippen molar-refractivity contribution in [3.05, 3.63) is 75.8 Å². The lowest BCUT2D eigenvalue weighted by Crippen LogP contribution is -2.36. The molecule has 0 fully saturated rings. The average Bonchev–Trinajstić information content (AvgIpc) is 3.15. The summed E-state index contributed by atoms with van der Waals surface area (Å²) >= 11 is 6.30. The topological polar surface area (TPSA) is 81.9 Å². The van der Waals surface area contributed by atoms with Gasteiger partial charge in [0.25, 0.3) is 5.69 Å². The molecular formula is C25H25ClN2O5. The third-order valence-corrected chi connectivity index (χ3v) is 5.84. The number of carbonyl (C=O) groups excluding carboxylic acids is 1. The van der Waals surface area contributed by atoms with E-state index in [1.807, 2.05) is 51.1 Å². The first-order valence-electron chi connectivity index (χ1n) is 10.7. The number of benzene rings is 3. The van der Waals surface area contributed by atoms with Gasteiger partial charge in [-0.15, -0.1) is 11.6 Å². The Bertz CT molecular complexity index is 1200. The molecule has 1 aliphatic rings. The van der Waals surface area contributed by atoms with Gasteiger partial charge in [0, 0.05) is 41.9 Å². The van der Waals surface area contributed by atoms with Gasteiger partial charge >= 0.3 is 6.09 Å². The van der Waals surface area contributed by atoms with Crippen LogP contribution in [0.25, 0.3) is 10.8 Å². The summed E-state index contributed by atoms with van der Waals surface area (Å²) in [5.74, 6) is 0.966. The number of halogens is 1. The van der Waals surface area contributed by atoms with Crippen LogP contribution in [-0.2, 0) is 11.3 Å². The number of hydrogen-bond donors (Lipinski definition) is 0. The molecule has 7 nitrogen and oxygen atoms in total. The van der Waals surface area contributed by atoms with Crippen molar-refractivity contribution in [3.8, 4) is 5.75 Å². The number of ether oxygens (including phenoxy) is 2. The average molecular weight is 469 g/mol. The molecule has 8 heteroatoms. The van der Waals surface area contributed by atoms with E-state index in [2.05, 4.69) is 0 Å². The van der Waals surface area contributed by atoms with Crippen molar-refractivity contribution in [1.29, 1.82) is 0 Å². The highest BCUT2D eigenvalue weighted by molar-refractivity contribution is 6.19. The predicted molar refractivity (Wildman–Crippen MR) is 128 cm³/mol. The molecule has 0 aliphatic carbocycles. The molecule has 4 rings (SSSR count). The quantitative estimate of drug-likeness (QED) is 0.245. The van der Waals surface area contributed by atoms with E-state index in [1.54, 1.807) is 17.0 Å². The molecular weight excluding hydrogens is 444 g/mol. The van der Waals surface area contributed by atoms with Crippen LogP contribution in [-0.4, -0.2) is 29.0 Å². The summed E-state index contributed by atoms with van der Waals surface area (Å²) < 4.78 is 11.8. The van der Waals surface area contributed by atoms with Crippen LogP contribution in [0.15, 0.2) is 54.6 Å². The molecule has 1 atom stereocenters. The zero-order valence-corrected chi connectivity index (χ0v) is 19.5. The Morgan fingerprint density at radius 1 is 1.15 bits per heavy atom. The van der Waals surface area contributed by atoms with Gasteiger partial charge in [-0.2, -0.15) is 0 Å². The second-order valence-electron chi connectivity index (χ2n) is 9.01. The number of nitro benzene ring substituents is 1. The fraction of sp³-hybridized carbons (Fsp3) is 0.320. The third kappa shape index (κ3) is 4.73. The van der Waals surface area contributed by atoms with Crippen molar-refractivity contribution in [3.63, 3.8) is 0 Å². The van der Waals surface area contributed by atoms with Crippen molar-refractivity contribution in [1.82, 2.24) is 0 Å². The van der Waals surface area contributed by atoms with Crippen molar-refractivity contribution < 1.29 is 19.2 Å². The van der Waals surface area contributed by atoms with Gasteiger partial charge in [-0.25, -0.2) is 4.79 Å². The second-order valence-corrected chi connectivity index (χ2v) is 9.32. The molecule has 0 spiro atoms. The van der Waals surface area contributed by atoms with E-state index in [4.69, 9.17) is 21.1 Å². The van der Waals surface area contributed by atoms with Gasteiger partial charge in [0.2, 0.25) is 0 Å². The monoisotopic (exact) mass is 468 g/mol. The highest BCUT2D eigenvalue weighted by Gasteiger charge is 2.36. The Balaban J connectivity index is 1.71. The smallest absolute Gasteiger partial charge is 0.414 e. The fourth-order valence-electron chi connectivity index (χ4n) is 4.02. The van der Waals surface area contributed by atoms with E-state index < -0.39 is 16.6 Å². The summed E-state index contributed by atoms with van der Waals surface area (Å²) in [6, 6.07) is 16.0. The van der Waals surface area contributed by atoms with Gasteiger partial charge in [0.05, 0.1) is 10.6 Å². The number of rotatable bonds is 5. The molecule has 0 bridgehead atoms. The minimum Gasteiger partial charge on any atom is -0.488 e. The molecule has 1 aliphatic heterocycles. The number of alkyl halides is 1. The molecule has 0 aromatic heterocycles. The van der Waals surface area contributed by atoms with E-state index in [9.17, 15) is 14.9 Å². The second kappa shape index (κ2) is 8.90. The van der Waals surface area contributed by atoms with Crippen LogP contribution < -0.4 is 9.64 Å². The van der Waals surface area contributed by atoms with Gasteiger partial charge in [0.15, 0.2) is 0 Å². The molecule has 1 amide bonds. The van der Waals surface area contributed by atoms with Crippen molar-refractivity contribution in [2.75, 3.05) is 17.3 Å². The molecule has 33 heavy (non-hydrogen) atoms. The molecule has 0 N–H and O–H groups in total. The number of non-ortho nitro benzene ring substituents is 1. The lowest BCUT2D eigenvalue weighted by atomic mass is 9.95. The number of fused-ring (bicyclic) bond motifs is 3. The Kier molecular flexibility index (Phi) is 6.17. The van der Waals surface area contributed by atoms with Gasteiger partial charge < -0.3 is 9.47 Å². The highest BCUT2D eigenvalue weighted by Crippen LogP contribution is 2.46. The lowest BCUT2D eigenvalue weighted by Gasteiger charge is -2.25. The third-order valence-electron chi connectivity index (χ3n) is 5.47. The normalized spacial score (nSPS) is 15.4. The standard InChI is InChI=1S/C25H25ClN2O5/c1-25(2,3)33-24(29)27-14-17(13-26)23-20-7-5-4-6-19(20)22(12-21(23)27)32-15-16-8-10-18(11-9-16)28(30)31/h4-12,17H,13-15H2,1-3H3/t17-/m1/s1. The lowest BCUT2D eigenvalue weighted by molar-refractivity contribution is -0.384. The van der Waals surface area contributed by atoms with Crippen LogP contribution in [0.4, 0.5) is 16.2 Å². The summed E-state index contributed by atoms with van der Waals surface area (Å²) in [6.45, 7) is 6.16. The summed E-state index contributed by atoms with van der Waals surface area (Å²) in [5.41, 5.74) is 1.94. The van der Waals surface area contributed by atoms with E-state index >= 15 is 0 Å². The van der Waals surface area contributed by atoms with Gasteiger partial charge in [0.1, 0.15) is 18.0 Å². The highest BCUT2D eigenvalue weighted by atomic mass is 35.5. The maximum Gasteiger partial charge on any atom is 0.414 e. The number of carbonyl (C=O) groups is 1. The SMILES string of the molecule is CC(C)(C)OC(=O)N1C[C@@H](CCl)c2c1cc(OCc1ccc([N+](=O)[O-])cc1)c1ccccc21. The maximum atomic E-state index is 13.0. The van der Waals surface area contributed by atoms with E-state index in [1.165, 1.54) is 12.1 Å². The van der Waals surface area contributed by atoms with Crippen LogP contribution in [0.2, 0.25) is 0 Å². The van der Waals surface area contributed by atoms with E-state index in [-0.39, 0.29) is 18.2 Å². The molecule has 0 radical (unpaired) electrons. The number of anilines is 1. The maximum absolute atomic E-state index is 13.0. The first-order chi connectivity index (χ1) is 15.7. The predicted octanol–water partition coefficient (Wildman–Crippen LogP) is 6.40. The molecule has 0 unspecified atom stereocenters. The molecule has 172 valence electrons. The number of hydrogen-bond acceptors (Lipinski definition) is 5. The van der Waals surface area contributed by atoms with Crippen molar-refractivity contribution in [2.45, 2.75) is 38.9 Å². The van der Waals surface area contributed by atoms with Gasteiger partial charge in [-0.1, -0.05) is 24.3 Å². The first-order valence-corrected chi connectivity index (χ1v) is 11.2. The van der Waals surface area contributed by atoms with Gasteiger partial charge in [-0.05, 0) is 49.4 Å². The summed E-state index contributed by atoms with van der Waals surface area (Å²) in [4.78, 5) is 25.0. The van der Waals surface area contributed by atoms with Crippen LogP contribution in [0.5, 0.6) is 5.75 Å². The van der Waals surface area contributed by atoms with Gasteiger partial charge in [-0.3, -0.25) is 15.0 Å². The van der Waals surface area contributed by atoms with Crippen LogP contribution >= 0.6 is 11.6 Å². The zero-order valence-electron chi connectivity index (χ0n) is 18.7. The van der Waals surface area contributed by atoms with Crippen LogP contribution in [0.1, 0.15) is 37.8 Å². The Hall–Kier alpha value is -3.32. The molecule has 3 aromatic rings. The van der Waals surface area contributed by atoms with Crippen molar-refractivity contribution >= 4 is 39.8 Å². The Morgan fingerprint density at radius 3 is 2.42 bits per heavy atom. The summed E-state index contributed by atoms with van der Waals surface area (Å²) in [5, 5.41) is 12.8. The van der Waals surface area contributed by atoms with Crippen molar-refractivity contribution in [2.24, 2.45) is 0 Å². The molecule has 0 saturated heterocycles. The molecule has 3 aromatic carbocycles. The first kappa shape index (κ1) is 22.9. The number of nitrogens with zero attached hydrogens (tertiary/aromatic N) is 2. The summed E-state index contributed by atoms with van der Waals surface area (Å²) in [6.07, 6.45) is -0.423. The molecule has 1 heterocycles.